The molecule has 0 spiro atoms. The number of nitrogens with two attached hydrogens (primary N) is 1. The van der Waals surface area contributed by atoms with Crippen LogP contribution in [0.15, 0.2) is 15.7 Å². The summed E-state index contributed by atoms with van der Waals surface area (Å²) >= 11 is 0. The Morgan fingerprint density at radius 3 is 2.53 bits per heavy atom. The summed E-state index contributed by atoms with van der Waals surface area (Å²) < 4.78 is 103. The molecule has 1 aromatic heterocycles. The van der Waals surface area contributed by atoms with Crippen molar-refractivity contribution in [3.63, 3.8) is 0 Å². The highest BCUT2D eigenvalue weighted by Gasteiger charge is 2.07. The van der Waals surface area contributed by atoms with Gasteiger partial charge in [-0.25, -0.2) is 4.79 Å². The van der Waals surface area contributed by atoms with E-state index >= 15 is 0 Å². The lowest BCUT2D eigenvalue weighted by Gasteiger charge is -2.10. The highest BCUT2D eigenvalue weighted by Crippen LogP contribution is 1.96. The monoisotopic (exact) mass is 225 g/mol. The zero-order valence-corrected chi connectivity index (χ0v) is 7.37. The van der Waals surface area contributed by atoms with E-state index in [-0.39, 0.29) is 10.6 Å². The lowest BCUT2D eigenvalue weighted by molar-refractivity contribution is 0.546. The fourth-order valence-electron chi connectivity index (χ4n) is 0.887. The van der Waals surface area contributed by atoms with Crippen molar-refractivity contribution in [2.45, 2.75) is 39.4 Å². The fourth-order valence-corrected chi connectivity index (χ4v) is 0.887. The first-order chi connectivity index (χ1) is 12.5. The second-order valence-electron chi connectivity index (χ2n) is 2.33. The summed E-state index contributed by atoms with van der Waals surface area (Å²) in [6.07, 6.45) is -7.62. The second kappa shape index (κ2) is 4.82. The summed E-state index contributed by atoms with van der Waals surface area (Å²) in [7, 11) is 0. The number of rotatable bonds is 4. The largest absolute Gasteiger partial charge is 0.385 e. The van der Waals surface area contributed by atoms with E-state index in [1.54, 1.807) is 0 Å². The predicted molar refractivity (Wildman–Crippen MR) is 60.0 cm³/mol. The van der Waals surface area contributed by atoms with E-state index in [1.807, 2.05) is 0 Å². The third kappa shape index (κ3) is 2.29. The topological polar surface area (TPSA) is 70.0 Å². The maximum absolute atomic E-state index is 12.7. The Bertz CT molecular complexity index is 906. The molecule has 0 aliphatic heterocycles. The number of nitrogen functional groups attached to an aromatic ring is 1. The molecule has 0 fully saturated rings. The van der Waals surface area contributed by atoms with Gasteiger partial charge in [-0.15, -0.1) is 0 Å². The van der Waals surface area contributed by atoms with Gasteiger partial charge in [-0.05, 0) is 12.7 Å². The first-order valence-corrected chi connectivity index (χ1v) is 3.62. The lowest BCUT2D eigenvalue weighted by atomic mass is 10.4. The van der Waals surface area contributed by atoms with Crippen LogP contribution in [-0.2, 0) is 13.0 Å². The van der Waals surface area contributed by atoms with Gasteiger partial charge in [0.2, 0.25) is 0 Å². The van der Waals surface area contributed by atoms with E-state index in [4.69, 9.17) is 24.9 Å². The number of nitrogens with zero attached hydrogens (tertiary/aromatic N) is 2. The zero-order valence-electron chi connectivity index (χ0n) is 21.4. The standard InChI is InChI=1S/C10H17N3O2/c1-3-5-12-8(11)7-9(14)13(6-4-2)10(12)15/h7H,3-6,11H2,1-2H3/i1D3,2D3,3D2,4D2,5D2,6D2. The van der Waals surface area contributed by atoms with Crippen molar-refractivity contribution < 1.29 is 19.2 Å². The van der Waals surface area contributed by atoms with Gasteiger partial charge in [-0.1, -0.05) is 13.7 Å². The van der Waals surface area contributed by atoms with Crippen molar-refractivity contribution in [3.05, 3.63) is 26.9 Å². The highest BCUT2D eigenvalue weighted by atomic mass is 16.2. The maximum Gasteiger partial charge on any atom is 0.332 e. The average Bonchev–Trinajstić information content (AvgIpc) is 2.42. The van der Waals surface area contributed by atoms with Gasteiger partial charge in [0.15, 0.2) is 0 Å². The van der Waals surface area contributed by atoms with Crippen LogP contribution in [0.3, 0.4) is 0 Å². The fraction of sp³-hybridized carbons (Fsp3) is 0.600. The second-order valence-corrected chi connectivity index (χ2v) is 2.33. The van der Waals surface area contributed by atoms with Crippen molar-refractivity contribution in [1.82, 2.24) is 9.13 Å². The van der Waals surface area contributed by atoms with Crippen LogP contribution in [0.5, 0.6) is 0 Å². The minimum Gasteiger partial charge on any atom is -0.385 e. The lowest BCUT2D eigenvalue weighted by Crippen LogP contribution is -2.40. The van der Waals surface area contributed by atoms with Crippen molar-refractivity contribution in [3.8, 4) is 0 Å². The molecule has 0 aliphatic rings. The molecule has 84 valence electrons. The Morgan fingerprint density at radius 1 is 1.33 bits per heavy atom. The van der Waals surface area contributed by atoms with E-state index in [9.17, 15) is 9.59 Å². The van der Waals surface area contributed by atoms with Crippen LogP contribution in [0.2, 0.25) is 0 Å². The summed E-state index contributed by atoms with van der Waals surface area (Å²) in [4.78, 5) is 24.9. The molecule has 1 aromatic rings. The van der Waals surface area contributed by atoms with Crippen LogP contribution < -0.4 is 17.0 Å². The third-order valence-electron chi connectivity index (χ3n) is 1.47. The van der Waals surface area contributed by atoms with Crippen LogP contribution in [0.1, 0.15) is 45.6 Å². The summed E-state index contributed by atoms with van der Waals surface area (Å²) in [5.74, 6) is -1.08. The van der Waals surface area contributed by atoms with Gasteiger partial charge >= 0.3 is 5.69 Å². The predicted octanol–water partition coefficient (Wildman–Crippen LogP) is 0.412. The summed E-state index contributed by atoms with van der Waals surface area (Å²) in [6.45, 7) is -15.0. The quantitative estimate of drug-likeness (QED) is 0.807. The third-order valence-corrected chi connectivity index (χ3v) is 1.47. The van der Waals surface area contributed by atoms with Gasteiger partial charge in [0, 0.05) is 35.5 Å². The van der Waals surface area contributed by atoms with Gasteiger partial charge in [0.05, 0.1) is 2.74 Å². The molecule has 0 saturated heterocycles. The first-order valence-electron chi connectivity index (χ1n) is 10.6. The smallest absolute Gasteiger partial charge is 0.332 e. The molecule has 0 unspecified atom stereocenters. The Kier molecular flexibility index (Phi) is 0.893. The molecule has 0 aliphatic carbocycles. The van der Waals surface area contributed by atoms with E-state index in [0.717, 1.165) is 0 Å². The van der Waals surface area contributed by atoms with Crippen molar-refractivity contribution in [2.24, 2.45) is 0 Å². The number of anilines is 1. The SMILES string of the molecule is [2H]C([2H])([2H])C([2H])([2H])C([2H])([2H])n1c(N)cc(=O)n(C([2H])([2H])C([2H])([2H])C([2H])([2H])[2H])c1=O. The number of hydrogen-bond acceptors (Lipinski definition) is 3. The summed E-state index contributed by atoms with van der Waals surface area (Å²) in [5.41, 5.74) is 1.66. The molecule has 0 amide bonds. The highest BCUT2D eigenvalue weighted by molar-refractivity contribution is 5.26. The van der Waals surface area contributed by atoms with Crippen LogP contribution in [-0.4, -0.2) is 9.13 Å². The minimum absolute atomic E-state index is 0.224. The molecule has 1 heterocycles. The normalized spacial score (nSPS) is 29.9. The molecule has 0 saturated carbocycles. The van der Waals surface area contributed by atoms with Gasteiger partial charge in [0.1, 0.15) is 5.82 Å². The summed E-state index contributed by atoms with van der Waals surface area (Å²) in [6, 6.07) is 0.224. The average molecular weight is 225 g/mol. The Hall–Kier alpha value is -1.52. The van der Waals surface area contributed by atoms with E-state index < -0.39 is 61.1 Å². The minimum atomic E-state index is -3.88. The van der Waals surface area contributed by atoms with Gasteiger partial charge in [0.25, 0.3) is 5.56 Å². The molecule has 1 rings (SSSR count). The van der Waals surface area contributed by atoms with Gasteiger partial charge in [-0.3, -0.25) is 13.9 Å². The van der Waals surface area contributed by atoms with Crippen molar-refractivity contribution in [2.75, 3.05) is 5.73 Å². The number of hydrogen-bond donors (Lipinski definition) is 1. The van der Waals surface area contributed by atoms with Crippen molar-refractivity contribution in [1.29, 1.82) is 0 Å². The van der Waals surface area contributed by atoms with Crippen molar-refractivity contribution >= 4 is 5.82 Å². The molecular weight excluding hydrogens is 194 g/mol. The first kappa shape index (κ1) is 2.78. The Morgan fingerprint density at radius 2 is 1.93 bits per heavy atom. The van der Waals surface area contributed by atoms with Crippen LogP contribution in [0.25, 0.3) is 0 Å². The molecule has 0 atom stereocenters. The molecule has 2 N–H and O–H groups in total. The maximum atomic E-state index is 12.7. The molecule has 5 nitrogen and oxygen atoms in total. The molecule has 0 aromatic carbocycles. The molecule has 0 bridgehead atoms. The Balaban J connectivity index is 4.04. The summed E-state index contributed by atoms with van der Waals surface area (Å²) in [5, 5.41) is 0. The van der Waals surface area contributed by atoms with E-state index in [2.05, 4.69) is 0 Å². The molecule has 0 radical (unpaired) electrons. The van der Waals surface area contributed by atoms with Crippen LogP contribution in [0.4, 0.5) is 5.82 Å². The van der Waals surface area contributed by atoms with Gasteiger partial charge in [-0.2, -0.15) is 0 Å². The van der Waals surface area contributed by atoms with E-state index in [1.165, 1.54) is 0 Å². The molecule has 5 heteroatoms. The zero-order chi connectivity index (χ0) is 23.6. The molecular formula is C10H17N3O2. The number of aromatic nitrogens is 2. The van der Waals surface area contributed by atoms with Crippen LogP contribution >= 0.6 is 0 Å². The van der Waals surface area contributed by atoms with Gasteiger partial charge < -0.3 is 5.73 Å². The van der Waals surface area contributed by atoms with E-state index in [0.29, 0.717) is 0 Å². The molecule has 15 heavy (non-hydrogen) atoms. The van der Waals surface area contributed by atoms with Crippen LogP contribution in [0, 0.1) is 0 Å². The Labute approximate surface area is 108 Å².